The highest BCUT2D eigenvalue weighted by Gasteiger charge is 2.15. The first-order valence-corrected chi connectivity index (χ1v) is 5.78. The summed E-state index contributed by atoms with van der Waals surface area (Å²) in [5.41, 5.74) is 2.01. The summed E-state index contributed by atoms with van der Waals surface area (Å²) < 4.78 is 6.62. The van der Waals surface area contributed by atoms with Gasteiger partial charge < -0.3 is 4.74 Å². The Hall–Kier alpha value is -1.03. The van der Waals surface area contributed by atoms with E-state index >= 15 is 0 Å². The van der Waals surface area contributed by atoms with Crippen molar-refractivity contribution in [1.29, 1.82) is 0 Å². The molecule has 0 saturated carbocycles. The molecule has 1 unspecified atom stereocenters. The number of nitrogens with zero attached hydrogens (tertiary/aromatic N) is 2. The third-order valence-corrected chi connectivity index (χ3v) is 2.97. The number of esters is 1. The maximum atomic E-state index is 11.2. The lowest BCUT2D eigenvalue weighted by atomic mass is 10.1. The Balaban J connectivity index is 2.50. The fourth-order valence-corrected chi connectivity index (χ4v) is 1.78. The third-order valence-electron chi connectivity index (χ3n) is 2.52. The standard InChI is InChI=1S/C11H17ClN2O2/c1-4-16-11(15)6-5-10(12)9-7-13-14(3)8(9)2/h7,10H,4-6H2,1-3H3. The van der Waals surface area contributed by atoms with Crippen LogP contribution in [0, 0.1) is 6.92 Å². The van der Waals surface area contributed by atoms with Crippen molar-refractivity contribution in [2.75, 3.05) is 6.61 Å². The Morgan fingerprint density at radius 1 is 1.69 bits per heavy atom. The summed E-state index contributed by atoms with van der Waals surface area (Å²) in [6, 6.07) is 0. The quantitative estimate of drug-likeness (QED) is 0.590. The third kappa shape index (κ3) is 3.23. The monoisotopic (exact) mass is 244 g/mol. The Morgan fingerprint density at radius 2 is 2.38 bits per heavy atom. The van der Waals surface area contributed by atoms with Crippen LogP contribution in [0.4, 0.5) is 0 Å². The summed E-state index contributed by atoms with van der Waals surface area (Å²) in [4.78, 5) is 11.2. The number of rotatable bonds is 5. The van der Waals surface area contributed by atoms with E-state index in [0.29, 0.717) is 19.4 Å². The van der Waals surface area contributed by atoms with E-state index in [0.717, 1.165) is 11.3 Å². The Kier molecular flexibility index (Phi) is 4.80. The van der Waals surface area contributed by atoms with Gasteiger partial charge in [0.15, 0.2) is 0 Å². The number of aryl methyl sites for hydroxylation is 1. The van der Waals surface area contributed by atoms with Crippen LogP contribution in [-0.2, 0) is 16.6 Å². The molecule has 1 rings (SSSR count). The fraction of sp³-hybridized carbons (Fsp3) is 0.636. The van der Waals surface area contributed by atoms with Crippen molar-refractivity contribution in [2.24, 2.45) is 7.05 Å². The van der Waals surface area contributed by atoms with Gasteiger partial charge in [-0.15, -0.1) is 11.6 Å². The van der Waals surface area contributed by atoms with Gasteiger partial charge >= 0.3 is 5.97 Å². The lowest BCUT2D eigenvalue weighted by Gasteiger charge is -2.08. The number of aromatic nitrogens is 2. The van der Waals surface area contributed by atoms with Crippen molar-refractivity contribution in [2.45, 2.75) is 32.1 Å². The fourth-order valence-electron chi connectivity index (χ4n) is 1.46. The van der Waals surface area contributed by atoms with Crippen LogP contribution in [0.2, 0.25) is 0 Å². The van der Waals surface area contributed by atoms with Crippen LogP contribution in [0.15, 0.2) is 6.20 Å². The average Bonchev–Trinajstić information content (AvgIpc) is 2.57. The molecule has 16 heavy (non-hydrogen) atoms. The van der Waals surface area contributed by atoms with Crippen LogP contribution in [0.25, 0.3) is 0 Å². The highest BCUT2D eigenvalue weighted by molar-refractivity contribution is 6.20. The number of hydrogen-bond acceptors (Lipinski definition) is 3. The molecule has 1 aromatic heterocycles. The number of halogens is 1. The maximum absolute atomic E-state index is 11.2. The number of carbonyl (C=O) groups is 1. The smallest absolute Gasteiger partial charge is 0.305 e. The van der Waals surface area contributed by atoms with Crippen LogP contribution in [0.1, 0.15) is 36.4 Å². The van der Waals surface area contributed by atoms with Crippen molar-refractivity contribution in [3.63, 3.8) is 0 Å². The van der Waals surface area contributed by atoms with Crippen LogP contribution >= 0.6 is 11.6 Å². The SMILES string of the molecule is CCOC(=O)CCC(Cl)c1cnn(C)c1C. The second-order valence-electron chi connectivity index (χ2n) is 3.62. The van der Waals surface area contributed by atoms with Gasteiger partial charge in [0.1, 0.15) is 0 Å². The van der Waals surface area contributed by atoms with Crippen molar-refractivity contribution >= 4 is 17.6 Å². The maximum Gasteiger partial charge on any atom is 0.305 e. The molecule has 0 saturated heterocycles. The molecule has 1 aromatic rings. The summed E-state index contributed by atoms with van der Waals surface area (Å²) in [6.07, 6.45) is 2.67. The van der Waals surface area contributed by atoms with E-state index in [1.54, 1.807) is 17.8 Å². The van der Waals surface area contributed by atoms with Crippen LogP contribution in [0.5, 0.6) is 0 Å². The van der Waals surface area contributed by atoms with E-state index in [9.17, 15) is 4.79 Å². The number of alkyl halides is 1. The van der Waals surface area contributed by atoms with Crippen LogP contribution in [0.3, 0.4) is 0 Å². The largest absolute Gasteiger partial charge is 0.466 e. The molecule has 1 heterocycles. The van der Waals surface area contributed by atoms with Gasteiger partial charge in [0.05, 0.1) is 18.2 Å². The van der Waals surface area contributed by atoms with Gasteiger partial charge in [-0.2, -0.15) is 5.10 Å². The molecule has 5 heteroatoms. The molecular formula is C11H17ClN2O2. The molecule has 0 aromatic carbocycles. The summed E-state index contributed by atoms with van der Waals surface area (Å²) in [6.45, 7) is 4.17. The van der Waals surface area contributed by atoms with E-state index in [1.807, 2.05) is 14.0 Å². The predicted molar refractivity (Wildman–Crippen MR) is 62.4 cm³/mol. The highest BCUT2D eigenvalue weighted by Crippen LogP contribution is 2.27. The Labute approximate surface area is 101 Å². The van der Waals surface area contributed by atoms with Crippen molar-refractivity contribution in [1.82, 2.24) is 9.78 Å². The summed E-state index contributed by atoms with van der Waals surface area (Å²) in [5.74, 6) is -0.199. The van der Waals surface area contributed by atoms with Gasteiger partial charge in [0, 0.05) is 24.7 Å². The molecule has 0 aliphatic rings. The van der Waals surface area contributed by atoms with Gasteiger partial charge in [-0.25, -0.2) is 0 Å². The van der Waals surface area contributed by atoms with Crippen LogP contribution < -0.4 is 0 Å². The lowest BCUT2D eigenvalue weighted by molar-refractivity contribution is -0.143. The van der Waals surface area contributed by atoms with E-state index in [1.165, 1.54) is 0 Å². The van der Waals surface area contributed by atoms with Crippen molar-refractivity contribution in [3.05, 3.63) is 17.5 Å². The van der Waals surface area contributed by atoms with E-state index in [4.69, 9.17) is 16.3 Å². The number of ether oxygens (including phenoxy) is 1. The summed E-state index contributed by atoms with van der Waals surface area (Å²) in [7, 11) is 1.87. The minimum atomic E-state index is -0.199. The molecule has 0 radical (unpaired) electrons. The molecule has 0 amide bonds. The van der Waals surface area contributed by atoms with Crippen LogP contribution in [-0.4, -0.2) is 22.4 Å². The second kappa shape index (κ2) is 5.89. The highest BCUT2D eigenvalue weighted by atomic mass is 35.5. The molecule has 1 atom stereocenters. The normalized spacial score (nSPS) is 12.5. The molecule has 0 bridgehead atoms. The lowest BCUT2D eigenvalue weighted by Crippen LogP contribution is -2.05. The zero-order chi connectivity index (χ0) is 12.1. The average molecular weight is 245 g/mol. The molecule has 0 spiro atoms. The van der Waals surface area contributed by atoms with Gasteiger partial charge in [-0.05, 0) is 20.3 Å². The zero-order valence-corrected chi connectivity index (χ0v) is 10.6. The van der Waals surface area contributed by atoms with Gasteiger partial charge in [-0.1, -0.05) is 0 Å². The van der Waals surface area contributed by atoms with Gasteiger partial charge in [0.2, 0.25) is 0 Å². The summed E-state index contributed by atoms with van der Waals surface area (Å²) >= 11 is 6.21. The van der Waals surface area contributed by atoms with E-state index < -0.39 is 0 Å². The Morgan fingerprint density at radius 3 is 2.88 bits per heavy atom. The van der Waals surface area contributed by atoms with Gasteiger partial charge in [-0.3, -0.25) is 9.48 Å². The second-order valence-corrected chi connectivity index (χ2v) is 4.15. The topological polar surface area (TPSA) is 44.1 Å². The van der Waals surface area contributed by atoms with Crippen molar-refractivity contribution in [3.8, 4) is 0 Å². The summed E-state index contributed by atoms with van der Waals surface area (Å²) in [5, 5.41) is 3.93. The zero-order valence-electron chi connectivity index (χ0n) is 9.86. The van der Waals surface area contributed by atoms with E-state index in [-0.39, 0.29) is 11.3 Å². The molecule has 0 N–H and O–H groups in total. The van der Waals surface area contributed by atoms with E-state index in [2.05, 4.69) is 5.10 Å². The first-order valence-electron chi connectivity index (χ1n) is 5.34. The minimum absolute atomic E-state index is 0.182. The molecule has 90 valence electrons. The number of carbonyl (C=O) groups excluding carboxylic acids is 1. The number of hydrogen-bond donors (Lipinski definition) is 0. The van der Waals surface area contributed by atoms with Crippen molar-refractivity contribution < 1.29 is 9.53 Å². The minimum Gasteiger partial charge on any atom is -0.466 e. The molecule has 0 fully saturated rings. The first-order chi connectivity index (χ1) is 7.56. The molecular weight excluding hydrogens is 228 g/mol. The first kappa shape index (κ1) is 13.0. The molecule has 0 aliphatic carbocycles. The molecule has 0 aliphatic heterocycles. The predicted octanol–water partition coefficient (Wildman–Crippen LogP) is 2.35. The Bertz CT molecular complexity index is 363. The molecule has 4 nitrogen and oxygen atoms in total. The van der Waals surface area contributed by atoms with Gasteiger partial charge in [0.25, 0.3) is 0 Å².